The lowest BCUT2D eigenvalue weighted by Crippen LogP contribution is -2.48. The highest BCUT2D eigenvalue weighted by Gasteiger charge is 2.42. The Morgan fingerprint density at radius 2 is 2.25 bits per heavy atom. The van der Waals surface area contributed by atoms with E-state index in [4.69, 9.17) is 0 Å². The summed E-state index contributed by atoms with van der Waals surface area (Å²) in [6.07, 6.45) is 1.78. The van der Waals surface area contributed by atoms with Crippen LogP contribution in [0.1, 0.15) is 28.8 Å². The summed E-state index contributed by atoms with van der Waals surface area (Å²) in [6.45, 7) is 3.26. The van der Waals surface area contributed by atoms with Gasteiger partial charge in [0.2, 0.25) is 5.91 Å². The van der Waals surface area contributed by atoms with Crippen molar-refractivity contribution >= 4 is 27.7 Å². The first kappa shape index (κ1) is 13.6. The molecule has 4 nitrogen and oxygen atoms in total. The molecule has 0 spiro atoms. The second-order valence-electron chi connectivity index (χ2n) is 5.47. The molecule has 1 aromatic rings. The average Bonchev–Trinajstić information content (AvgIpc) is 2.83. The molecule has 2 atom stereocenters. The van der Waals surface area contributed by atoms with Crippen LogP contribution in [0.3, 0.4) is 0 Å². The van der Waals surface area contributed by atoms with E-state index in [1.54, 1.807) is 0 Å². The smallest absolute Gasteiger partial charge is 0.254 e. The van der Waals surface area contributed by atoms with Crippen LogP contribution in [-0.2, 0) is 4.79 Å². The maximum atomic E-state index is 12.8. The zero-order valence-electron chi connectivity index (χ0n) is 11.4. The number of nitrogens with zero attached hydrogens (tertiary/aromatic N) is 1. The molecule has 3 rings (SSSR count). The van der Waals surface area contributed by atoms with Gasteiger partial charge in [-0.3, -0.25) is 9.59 Å². The average molecular weight is 337 g/mol. The maximum absolute atomic E-state index is 12.8. The third kappa shape index (κ3) is 2.14. The van der Waals surface area contributed by atoms with Gasteiger partial charge >= 0.3 is 0 Å². The lowest BCUT2D eigenvalue weighted by Gasteiger charge is -2.36. The van der Waals surface area contributed by atoms with Gasteiger partial charge < -0.3 is 10.2 Å². The summed E-state index contributed by atoms with van der Waals surface area (Å²) in [5.74, 6) is 0.105. The van der Waals surface area contributed by atoms with Gasteiger partial charge in [-0.1, -0.05) is 22.0 Å². The minimum Gasteiger partial charge on any atom is -0.354 e. The van der Waals surface area contributed by atoms with E-state index in [0.717, 1.165) is 35.0 Å². The number of halogens is 1. The van der Waals surface area contributed by atoms with E-state index in [0.29, 0.717) is 6.54 Å². The van der Waals surface area contributed by atoms with Crippen LogP contribution >= 0.6 is 15.9 Å². The van der Waals surface area contributed by atoms with Crippen LogP contribution in [0, 0.1) is 12.8 Å². The number of carbonyl (C=O) groups is 2. The second kappa shape index (κ2) is 5.20. The molecule has 2 fully saturated rings. The Bertz CT molecular complexity index is 573. The van der Waals surface area contributed by atoms with Crippen molar-refractivity contribution in [2.75, 3.05) is 13.1 Å². The van der Waals surface area contributed by atoms with E-state index < -0.39 is 0 Å². The van der Waals surface area contributed by atoms with E-state index in [1.165, 1.54) is 0 Å². The van der Waals surface area contributed by atoms with Crippen molar-refractivity contribution in [2.45, 2.75) is 25.8 Å². The molecule has 2 heterocycles. The molecular weight excluding hydrogens is 320 g/mol. The Hall–Kier alpha value is -1.36. The first-order valence-electron chi connectivity index (χ1n) is 6.93. The molecule has 2 aliphatic heterocycles. The summed E-state index contributed by atoms with van der Waals surface area (Å²) in [7, 11) is 0. The Balaban J connectivity index is 1.90. The van der Waals surface area contributed by atoms with Gasteiger partial charge in [-0.05, 0) is 37.5 Å². The number of piperidine rings is 1. The van der Waals surface area contributed by atoms with Crippen molar-refractivity contribution in [3.63, 3.8) is 0 Å². The molecule has 2 aliphatic rings. The van der Waals surface area contributed by atoms with Crippen LogP contribution in [0.4, 0.5) is 0 Å². The number of hydrogen-bond donors (Lipinski definition) is 1. The third-order valence-electron chi connectivity index (χ3n) is 4.36. The van der Waals surface area contributed by atoms with E-state index in [1.807, 2.05) is 30.0 Å². The van der Waals surface area contributed by atoms with E-state index >= 15 is 0 Å². The fraction of sp³-hybridized carbons (Fsp3) is 0.467. The predicted molar refractivity (Wildman–Crippen MR) is 79.4 cm³/mol. The molecule has 2 unspecified atom stereocenters. The van der Waals surface area contributed by atoms with Crippen molar-refractivity contribution in [3.8, 4) is 0 Å². The molecule has 1 N–H and O–H groups in total. The molecule has 20 heavy (non-hydrogen) atoms. The van der Waals surface area contributed by atoms with Crippen molar-refractivity contribution < 1.29 is 9.59 Å². The van der Waals surface area contributed by atoms with Gasteiger partial charge in [0.1, 0.15) is 0 Å². The van der Waals surface area contributed by atoms with Gasteiger partial charge in [0, 0.05) is 23.1 Å². The lowest BCUT2D eigenvalue weighted by atomic mass is 9.90. The van der Waals surface area contributed by atoms with Crippen LogP contribution in [0.15, 0.2) is 22.7 Å². The molecule has 2 amide bonds. The Morgan fingerprint density at radius 3 is 3.05 bits per heavy atom. The highest BCUT2D eigenvalue weighted by molar-refractivity contribution is 9.10. The first-order chi connectivity index (χ1) is 9.59. The molecule has 0 aromatic heterocycles. The second-order valence-corrected chi connectivity index (χ2v) is 6.33. The number of fused-ring (bicyclic) bond motifs is 1. The monoisotopic (exact) mass is 336 g/mol. The number of benzene rings is 1. The van der Waals surface area contributed by atoms with Gasteiger partial charge in [0.05, 0.1) is 12.0 Å². The Morgan fingerprint density at radius 1 is 1.45 bits per heavy atom. The van der Waals surface area contributed by atoms with Crippen LogP contribution in [0.5, 0.6) is 0 Å². The molecule has 0 aliphatic carbocycles. The summed E-state index contributed by atoms with van der Waals surface area (Å²) in [5.41, 5.74) is 1.68. The molecule has 0 saturated carbocycles. The minimum atomic E-state index is -0.0276. The van der Waals surface area contributed by atoms with Crippen molar-refractivity contribution in [1.29, 1.82) is 0 Å². The zero-order valence-corrected chi connectivity index (χ0v) is 12.9. The third-order valence-corrected chi connectivity index (χ3v) is 5.22. The Labute approximate surface area is 126 Å². The quantitative estimate of drug-likeness (QED) is 0.853. The summed E-state index contributed by atoms with van der Waals surface area (Å²) < 4.78 is 0.942. The standard InChI is InChI=1S/C15H17BrN2O2/c1-9-10(4-2-6-12(9)16)15(20)18-7-3-5-11-13(18)8-17-14(11)19/h2,4,6,11,13H,3,5,7-8H2,1H3,(H,17,19). The molecule has 2 saturated heterocycles. The maximum Gasteiger partial charge on any atom is 0.254 e. The van der Waals surface area contributed by atoms with Gasteiger partial charge in [-0.15, -0.1) is 0 Å². The van der Waals surface area contributed by atoms with Gasteiger partial charge in [0.15, 0.2) is 0 Å². The molecule has 5 heteroatoms. The van der Waals surface area contributed by atoms with Crippen molar-refractivity contribution in [2.24, 2.45) is 5.92 Å². The van der Waals surface area contributed by atoms with Crippen molar-refractivity contribution in [1.82, 2.24) is 10.2 Å². The summed E-state index contributed by atoms with van der Waals surface area (Å²) in [6, 6.07) is 5.69. The number of amides is 2. The molecule has 0 bridgehead atoms. The predicted octanol–water partition coefficient (Wildman–Crippen LogP) is 2.11. The van der Waals surface area contributed by atoms with Crippen molar-refractivity contribution in [3.05, 3.63) is 33.8 Å². The van der Waals surface area contributed by atoms with E-state index in [2.05, 4.69) is 21.2 Å². The highest BCUT2D eigenvalue weighted by Crippen LogP contribution is 2.30. The van der Waals surface area contributed by atoms with Gasteiger partial charge in [-0.2, -0.15) is 0 Å². The molecular formula is C15H17BrN2O2. The normalized spacial score (nSPS) is 25.3. The fourth-order valence-corrected chi connectivity index (χ4v) is 3.56. The largest absolute Gasteiger partial charge is 0.354 e. The number of rotatable bonds is 1. The SMILES string of the molecule is Cc1c(Br)cccc1C(=O)N1CCCC2C(=O)NCC21. The van der Waals surface area contributed by atoms with Crippen LogP contribution in [0.2, 0.25) is 0 Å². The summed E-state index contributed by atoms with van der Waals surface area (Å²) >= 11 is 3.47. The zero-order chi connectivity index (χ0) is 14.3. The fourth-order valence-electron chi connectivity index (χ4n) is 3.20. The highest BCUT2D eigenvalue weighted by atomic mass is 79.9. The van der Waals surface area contributed by atoms with E-state index in [9.17, 15) is 9.59 Å². The molecule has 106 valence electrons. The Kier molecular flexibility index (Phi) is 3.54. The summed E-state index contributed by atoms with van der Waals surface area (Å²) in [4.78, 5) is 26.4. The lowest BCUT2D eigenvalue weighted by molar-refractivity contribution is -0.123. The number of hydrogen-bond acceptors (Lipinski definition) is 2. The minimum absolute atomic E-state index is 0.0159. The van der Waals surface area contributed by atoms with Crippen LogP contribution in [0.25, 0.3) is 0 Å². The van der Waals surface area contributed by atoms with Crippen LogP contribution < -0.4 is 5.32 Å². The topological polar surface area (TPSA) is 49.4 Å². The van der Waals surface area contributed by atoms with E-state index in [-0.39, 0.29) is 23.8 Å². The summed E-state index contributed by atoms with van der Waals surface area (Å²) in [5, 5.41) is 2.88. The molecule has 0 radical (unpaired) electrons. The molecule has 1 aromatic carbocycles. The number of nitrogens with one attached hydrogen (secondary N) is 1. The number of likely N-dealkylation sites (tertiary alicyclic amines) is 1. The number of carbonyl (C=O) groups excluding carboxylic acids is 2. The van der Waals surface area contributed by atoms with Crippen LogP contribution in [-0.4, -0.2) is 35.8 Å². The first-order valence-corrected chi connectivity index (χ1v) is 7.72. The van der Waals surface area contributed by atoms with Gasteiger partial charge in [0.25, 0.3) is 5.91 Å². The van der Waals surface area contributed by atoms with Gasteiger partial charge in [-0.25, -0.2) is 0 Å².